The van der Waals surface area contributed by atoms with Crippen LogP contribution < -0.4 is 10.5 Å². The molecule has 0 atom stereocenters. The lowest BCUT2D eigenvalue weighted by Crippen LogP contribution is -2.27. The predicted molar refractivity (Wildman–Crippen MR) is 76.6 cm³/mol. The molecule has 0 aliphatic carbocycles. The molecule has 0 amide bonds. The van der Waals surface area contributed by atoms with Crippen molar-refractivity contribution in [2.75, 3.05) is 12.3 Å². The van der Waals surface area contributed by atoms with E-state index in [9.17, 15) is 12.8 Å². The summed E-state index contributed by atoms with van der Waals surface area (Å²) in [7, 11) is -3.91. The first kappa shape index (κ1) is 14.9. The van der Waals surface area contributed by atoms with Crippen LogP contribution in [0.4, 0.5) is 10.1 Å². The summed E-state index contributed by atoms with van der Waals surface area (Å²) in [5.41, 5.74) is 6.37. The van der Waals surface area contributed by atoms with E-state index in [1.807, 2.05) is 5.38 Å². The van der Waals surface area contributed by atoms with Crippen molar-refractivity contribution < 1.29 is 12.8 Å². The second-order valence-corrected chi connectivity index (χ2v) is 6.93. The van der Waals surface area contributed by atoms with Crippen LogP contribution in [0.5, 0.6) is 0 Å². The molecule has 1 aromatic heterocycles. The predicted octanol–water partition coefficient (Wildman–Crippen LogP) is 1.69. The summed E-state index contributed by atoms with van der Waals surface area (Å²) in [4.78, 5) is 3.61. The van der Waals surface area contributed by atoms with Gasteiger partial charge in [0.05, 0.1) is 5.01 Å². The standard InChI is InChI=1S/C12H14FN3O2S2/c1-8-6-9(13)11(7-10(8)14)20(17,18)16-3-2-12-15-4-5-19-12/h4-7,16H,2-3,14H2,1H3. The third-order valence-corrected chi connectivity index (χ3v) is 5.04. The lowest BCUT2D eigenvalue weighted by molar-refractivity contribution is 0.557. The monoisotopic (exact) mass is 315 g/mol. The first-order valence-corrected chi connectivity index (χ1v) is 8.20. The number of aryl methyl sites for hydroxylation is 1. The first-order chi connectivity index (χ1) is 9.40. The number of aromatic nitrogens is 1. The van der Waals surface area contributed by atoms with Crippen molar-refractivity contribution in [3.63, 3.8) is 0 Å². The van der Waals surface area contributed by atoms with Gasteiger partial charge in [0.15, 0.2) is 0 Å². The van der Waals surface area contributed by atoms with E-state index >= 15 is 0 Å². The smallest absolute Gasteiger partial charge is 0.243 e. The zero-order valence-corrected chi connectivity index (χ0v) is 12.4. The molecule has 3 N–H and O–H groups in total. The van der Waals surface area contributed by atoms with Gasteiger partial charge >= 0.3 is 0 Å². The van der Waals surface area contributed by atoms with E-state index in [0.29, 0.717) is 12.0 Å². The largest absolute Gasteiger partial charge is 0.398 e. The number of halogens is 1. The van der Waals surface area contributed by atoms with Crippen LogP contribution in [0.15, 0.2) is 28.6 Å². The molecule has 0 bridgehead atoms. The summed E-state index contributed by atoms with van der Waals surface area (Å²) in [6.45, 7) is 1.77. The quantitative estimate of drug-likeness (QED) is 0.822. The minimum absolute atomic E-state index is 0.156. The topological polar surface area (TPSA) is 85.1 Å². The SMILES string of the molecule is Cc1cc(F)c(S(=O)(=O)NCCc2nccs2)cc1N. The van der Waals surface area contributed by atoms with Gasteiger partial charge in [-0.05, 0) is 24.6 Å². The first-order valence-electron chi connectivity index (χ1n) is 5.84. The molecule has 0 aliphatic heterocycles. The van der Waals surface area contributed by atoms with Crippen LogP contribution in [-0.2, 0) is 16.4 Å². The highest BCUT2D eigenvalue weighted by Gasteiger charge is 2.20. The van der Waals surface area contributed by atoms with Crippen molar-refractivity contribution in [2.24, 2.45) is 0 Å². The number of hydrogen-bond donors (Lipinski definition) is 2. The van der Waals surface area contributed by atoms with Crippen LogP contribution in [0, 0.1) is 12.7 Å². The Kier molecular flexibility index (Phi) is 4.36. The molecule has 0 radical (unpaired) electrons. The number of benzene rings is 1. The summed E-state index contributed by atoms with van der Waals surface area (Å²) in [6, 6.07) is 2.25. The number of nitrogens with two attached hydrogens (primary N) is 1. The Morgan fingerprint density at radius 1 is 1.45 bits per heavy atom. The molecule has 0 unspecified atom stereocenters. The molecule has 2 aromatic rings. The van der Waals surface area contributed by atoms with Gasteiger partial charge in [0.2, 0.25) is 10.0 Å². The molecule has 20 heavy (non-hydrogen) atoms. The summed E-state index contributed by atoms with van der Waals surface area (Å²) in [5.74, 6) is -0.807. The van der Waals surface area contributed by atoms with E-state index in [0.717, 1.165) is 17.1 Å². The van der Waals surface area contributed by atoms with Crippen LogP contribution in [0.3, 0.4) is 0 Å². The second kappa shape index (κ2) is 5.86. The Morgan fingerprint density at radius 2 is 2.20 bits per heavy atom. The number of thiazole rings is 1. The highest BCUT2D eigenvalue weighted by Crippen LogP contribution is 2.21. The number of anilines is 1. The Labute approximate surface area is 120 Å². The van der Waals surface area contributed by atoms with Crippen LogP contribution in [0.2, 0.25) is 0 Å². The summed E-state index contributed by atoms with van der Waals surface area (Å²) in [5, 5.41) is 2.63. The molecular weight excluding hydrogens is 301 g/mol. The van der Waals surface area contributed by atoms with Gasteiger partial charge in [-0.1, -0.05) is 0 Å². The highest BCUT2D eigenvalue weighted by atomic mass is 32.2. The third-order valence-electron chi connectivity index (χ3n) is 2.72. The van der Waals surface area contributed by atoms with Gasteiger partial charge in [-0.3, -0.25) is 0 Å². The molecule has 0 fully saturated rings. The van der Waals surface area contributed by atoms with Crippen molar-refractivity contribution in [2.45, 2.75) is 18.2 Å². The van der Waals surface area contributed by atoms with Crippen molar-refractivity contribution >= 4 is 27.0 Å². The normalized spacial score (nSPS) is 11.7. The Morgan fingerprint density at radius 3 is 2.85 bits per heavy atom. The highest BCUT2D eigenvalue weighted by molar-refractivity contribution is 7.89. The molecule has 0 saturated carbocycles. The average Bonchev–Trinajstić information content (AvgIpc) is 2.86. The number of hydrogen-bond acceptors (Lipinski definition) is 5. The van der Waals surface area contributed by atoms with Gasteiger partial charge in [0.25, 0.3) is 0 Å². The molecule has 5 nitrogen and oxygen atoms in total. The number of nitrogens with one attached hydrogen (secondary N) is 1. The number of rotatable bonds is 5. The molecule has 0 spiro atoms. The van der Waals surface area contributed by atoms with Crippen LogP contribution in [0.1, 0.15) is 10.6 Å². The number of nitrogens with zero attached hydrogens (tertiary/aromatic N) is 1. The zero-order chi connectivity index (χ0) is 14.8. The summed E-state index contributed by atoms with van der Waals surface area (Å²) in [6.07, 6.45) is 2.11. The van der Waals surface area contributed by atoms with Gasteiger partial charge in [-0.15, -0.1) is 11.3 Å². The van der Waals surface area contributed by atoms with Gasteiger partial charge in [-0.2, -0.15) is 0 Å². The molecular formula is C12H14FN3O2S2. The third kappa shape index (κ3) is 3.33. The average molecular weight is 315 g/mol. The van der Waals surface area contributed by atoms with Crippen LogP contribution in [-0.4, -0.2) is 19.9 Å². The van der Waals surface area contributed by atoms with Crippen molar-refractivity contribution in [1.82, 2.24) is 9.71 Å². The fourth-order valence-electron chi connectivity index (χ4n) is 1.62. The fourth-order valence-corrected chi connectivity index (χ4v) is 3.37. The van der Waals surface area contributed by atoms with Gasteiger partial charge in [0, 0.05) is 30.2 Å². The van der Waals surface area contributed by atoms with E-state index in [2.05, 4.69) is 9.71 Å². The van der Waals surface area contributed by atoms with Crippen molar-refractivity contribution in [3.8, 4) is 0 Å². The second-order valence-electron chi connectivity index (χ2n) is 4.21. The number of sulfonamides is 1. The van der Waals surface area contributed by atoms with Crippen molar-refractivity contribution in [1.29, 1.82) is 0 Å². The number of nitrogen functional groups attached to an aromatic ring is 1. The summed E-state index contributed by atoms with van der Waals surface area (Å²) < 4.78 is 40.1. The zero-order valence-electron chi connectivity index (χ0n) is 10.8. The van der Waals surface area contributed by atoms with E-state index in [-0.39, 0.29) is 12.2 Å². The van der Waals surface area contributed by atoms with Gasteiger partial charge in [-0.25, -0.2) is 22.5 Å². The molecule has 1 heterocycles. The maximum absolute atomic E-state index is 13.7. The lowest BCUT2D eigenvalue weighted by atomic mass is 10.2. The maximum atomic E-state index is 13.7. The van der Waals surface area contributed by atoms with E-state index in [1.165, 1.54) is 11.3 Å². The maximum Gasteiger partial charge on any atom is 0.243 e. The van der Waals surface area contributed by atoms with E-state index in [1.54, 1.807) is 13.1 Å². The molecule has 108 valence electrons. The Bertz CT molecular complexity index is 700. The van der Waals surface area contributed by atoms with Crippen LogP contribution >= 0.6 is 11.3 Å². The minimum Gasteiger partial charge on any atom is -0.398 e. The van der Waals surface area contributed by atoms with Crippen LogP contribution in [0.25, 0.3) is 0 Å². The summed E-state index contributed by atoms with van der Waals surface area (Å²) >= 11 is 1.44. The molecule has 0 aliphatic rings. The minimum atomic E-state index is -3.91. The molecule has 0 saturated heterocycles. The Balaban J connectivity index is 2.12. The fraction of sp³-hybridized carbons (Fsp3) is 0.250. The Hall–Kier alpha value is -1.51. The van der Waals surface area contributed by atoms with Gasteiger partial charge in [0.1, 0.15) is 10.7 Å². The van der Waals surface area contributed by atoms with E-state index in [4.69, 9.17) is 5.73 Å². The molecule has 8 heteroatoms. The van der Waals surface area contributed by atoms with Crippen molar-refractivity contribution in [3.05, 3.63) is 40.1 Å². The molecule has 1 aromatic carbocycles. The van der Waals surface area contributed by atoms with Gasteiger partial charge < -0.3 is 5.73 Å². The van der Waals surface area contributed by atoms with E-state index < -0.39 is 20.7 Å². The molecule has 2 rings (SSSR count). The lowest BCUT2D eigenvalue weighted by Gasteiger charge is -2.09.